The molecule has 0 aliphatic rings. The summed E-state index contributed by atoms with van der Waals surface area (Å²) in [5.41, 5.74) is -0.0920. The fourth-order valence-electron chi connectivity index (χ4n) is 4.02. The van der Waals surface area contributed by atoms with Crippen LogP contribution >= 0.6 is 0 Å². The van der Waals surface area contributed by atoms with E-state index in [4.69, 9.17) is 23.7 Å². The SMILES string of the molecule is CC[C@H](C)[C@H](CC(=O)c1nccc(OC)c1OCOC(C)=O)C(=O)O[C@@H](C)[C@H](Oc1cc(F)ccc1F)C(C)C. The first-order valence-corrected chi connectivity index (χ1v) is 13.0. The summed E-state index contributed by atoms with van der Waals surface area (Å²) in [6.45, 7) is 9.64. The minimum absolute atomic E-state index is 0.0220. The fourth-order valence-corrected chi connectivity index (χ4v) is 4.02. The number of benzene rings is 1. The molecule has 0 aliphatic heterocycles. The molecule has 11 heteroatoms. The number of rotatable bonds is 15. The standard InChI is InChI=1S/C29H37F2NO8/c1-8-17(4)21(14-23(34)26-28(38-15-37-19(6)33)24(36-7)11-12-32-26)29(35)39-18(5)27(16(2)3)40-25-13-20(30)9-10-22(25)31/h9-13,16-18,21,27H,8,14-15H2,1-7H3/t17-,18-,21-,27+/m0/s1. The van der Waals surface area contributed by atoms with Crippen LogP contribution < -0.4 is 14.2 Å². The quantitative estimate of drug-likeness (QED) is 0.156. The summed E-state index contributed by atoms with van der Waals surface area (Å²) in [5, 5.41) is 0. The predicted octanol–water partition coefficient (Wildman–Crippen LogP) is 5.54. The van der Waals surface area contributed by atoms with Crippen molar-refractivity contribution in [1.82, 2.24) is 4.98 Å². The molecule has 0 bridgehead atoms. The van der Waals surface area contributed by atoms with E-state index in [1.807, 2.05) is 13.8 Å². The molecular formula is C29H37F2NO8. The van der Waals surface area contributed by atoms with Crippen molar-refractivity contribution in [2.24, 2.45) is 17.8 Å². The van der Waals surface area contributed by atoms with Gasteiger partial charge in [-0.15, -0.1) is 0 Å². The smallest absolute Gasteiger partial charge is 0.310 e. The molecule has 220 valence electrons. The van der Waals surface area contributed by atoms with E-state index in [1.54, 1.807) is 20.8 Å². The lowest BCUT2D eigenvalue weighted by Gasteiger charge is -2.30. The van der Waals surface area contributed by atoms with Gasteiger partial charge in [-0.1, -0.05) is 34.1 Å². The summed E-state index contributed by atoms with van der Waals surface area (Å²) in [6.07, 6.45) is 0.0290. The van der Waals surface area contributed by atoms with E-state index >= 15 is 0 Å². The number of hydrogen-bond donors (Lipinski definition) is 0. The molecule has 4 atom stereocenters. The fraction of sp³-hybridized carbons (Fsp3) is 0.517. The third-order valence-corrected chi connectivity index (χ3v) is 6.43. The minimum atomic E-state index is -0.854. The van der Waals surface area contributed by atoms with Crippen LogP contribution in [0.4, 0.5) is 8.78 Å². The number of carbonyl (C=O) groups excluding carboxylic acids is 3. The molecule has 0 N–H and O–H groups in total. The molecule has 0 aliphatic carbocycles. The second-order valence-corrected chi connectivity index (χ2v) is 9.75. The maximum atomic E-state index is 14.2. The van der Waals surface area contributed by atoms with E-state index in [1.165, 1.54) is 26.3 Å². The van der Waals surface area contributed by atoms with Gasteiger partial charge in [0.1, 0.15) is 18.0 Å². The zero-order valence-corrected chi connectivity index (χ0v) is 23.9. The predicted molar refractivity (Wildman–Crippen MR) is 141 cm³/mol. The van der Waals surface area contributed by atoms with Gasteiger partial charge in [-0.3, -0.25) is 14.4 Å². The summed E-state index contributed by atoms with van der Waals surface area (Å²) >= 11 is 0. The molecule has 0 fully saturated rings. The Morgan fingerprint density at radius 1 is 1.02 bits per heavy atom. The summed E-state index contributed by atoms with van der Waals surface area (Å²) in [6, 6.07) is 4.35. The Hall–Kier alpha value is -3.76. The van der Waals surface area contributed by atoms with Gasteiger partial charge in [0, 0.05) is 31.7 Å². The third kappa shape index (κ3) is 8.89. The number of methoxy groups -OCH3 is 1. The second-order valence-electron chi connectivity index (χ2n) is 9.75. The molecule has 0 unspecified atom stereocenters. The number of ketones is 1. The highest BCUT2D eigenvalue weighted by atomic mass is 19.1. The third-order valence-electron chi connectivity index (χ3n) is 6.43. The van der Waals surface area contributed by atoms with E-state index < -0.39 is 54.3 Å². The van der Waals surface area contributed by atoms with E-state index in [9.17, 15) is 23.2 Å². The maximum Gasteiger partial charge on any atom is 0.310 e. The highest BCUT2D eigenvalue weighted by molar-refractivity contribution is 5.99. The minimum Gasteiger partial charge on any atom is -0.493 e. The number of esters is 2. The van der Waals surface area contributed by atoms with Gasteiger partial charge >= 0.3 is 11.9 Å². The first kappa shape index (κ1) is 32.5. The number of carbonyl (C=O) groups is 3. The van der Waals surface area contributed by atoms with Crippen molar-refractivity contribution in [3.05, 3.63) is 47.8 Å². The molecule has 2 aromatic rings. The Balaban J connectivity index is 2.25. The van der Waals surface area contributed by atoms with Crippen molar-refractivity contribution >= 4 is 17.7 Å². The van der Waals surface area contributed by atoms with Crippen molar-refractivity contribution < 1.29 is 46.8 Å². The largest absolute Gasteiger partial charge is 0.493 e. The van der Waals surface area contributed by atoms with E-state index in [0.29, 0.717) is 6.42 Å². The summed E-state index contributed by atoms with van der Waals surface area (Å²) < 4.78 is 54.9. The molecular weight excluding hydrogens is 528 g/mol. The van der Waals surface area contributed by atoms with Crippen LogP contribution in [0.15, 0.2) is 30.5 Å². The van der Waals surface area contributed by atoms with Gasteiger partial charge in [-0.05, 0) is 30.9 Å². The number of hydrogen-bond acceptors (Lipinski definition) is 9. The molecule has 2 rings (SSSR count). The number of aromatic nitrogens is 1. The second kappa shape index (κ2) is 15.1. The highest BCUT2D eigenvalue weighted by Gasteiger charge is 2.34. The van der Waals surface area contributed by atoms with Crippen LogP contribution in [-0.2, 0) is 19.1 Å². The van der Waals surface area contributed by atoms with Crippen molar-refractivity contribution in [3.8, 4) is 17.2 Å². The monoisotopic (exact) mass is 565 g/mol. The first-order chi connectivity index (χ1) is 18.9. The van der Waals surface area contributed by atoms with E-state index in [0.717, 1.165) is 18.2 Å². The van der Waals surface area contributed by atoms with Gasteiger partial charge in [-0.25, -0.2) is 13.8 Å². The lowest BCUT2D eigenvalue weighted by molar-refractivity contribution is -0.161. The van der Waals surface area contributed by atoms with Gasteiger partial charge in [-0.2, -0.15) is 0 Å². The Kier molecular flexibility index (Phi) is 12.3. The Morgan fingerprint density at radius 2 is 1.73 bits per heavy atom. The molecule has 0 saturated heterocycles. The van der Waals surface area contributed by atoms with Crippen LogP contribution in [0.5, 0.6) is 17.2 Å². The van der Waals surface area contributed by atoms with Crippen LogP contribution in [0, 0.1) is 29.4 Å². The zero-order valence-electron chi connectivity index (χ0n) is 23.9. The molecule has 1 aromatic heterocycles. The number of nitrogens with zero attached hydrogens (tertiary/aromatic N) is 1. The van der Waals surface area contributed by atoms with Crippen molar-refractivity contribution in [3.63, 3.8) is 0 Å². The van der Waals surface area contributed by atoms with E-state index in [2.05, 4.69) is 4.98 Å². The van der Waals surface area contributed by atoms with Gasteiger partial charge in [0.05, 0.1) is 13.0 Å². The van der Waals surface area contributed by atoms with Crippen LogP contribution in [0.3, 0.4) is 0 Å². The summed E-state index contributed by atoms with van der Waals surface area (Å²) in [5.74, 6) is -4.59. The topological polar surface area (TPSA) is 110 Å². The molecule has 40 heavy (non-hydrogen) atoms. The summed E-state index contributed by atoms with van der Waals surface area (Å²) in [7, 11) is 1.38. The highest BCUT2D eigenvalue weighted by Crippen LogP contribution is 2.33. The molecule has 0 saturated carbocycles. The average Bonchev–Trinajstić information content (AvgIpc) is 2.90. The Bertz CT molecular complexity index is 1170. The number of Topliss-reactive ketones (excluding diaryl/α,β-unsaturated/α-hetero) is 1. The summed E-state index contributed by atoms with van der Waals surface area (Å²) in [4.78, 5) is 42.0. The normalized spacial score (nSPS) is 14.1. The Morgan fingerprint density at radius 3 is 2.33 bits per heavy atom. The number of ether oxygens (including phenoxy) is 5. The van der Waals surface area contributed by atoms with Gasteiger partial charge < -0.3 is 23.7 Å². The molecule has 1 heterocycles. The van der Waals surface area contributed by atoms with Crippen LogP contribution in [0.2, 0.25) is 0 Å². The van der Waals surface area contributed by atoms with Crippen molar-refractivity contribution in [2.45, 2.75) is 66.6 Å². The van der Waals surface area contributed by atoms with E-state index in [-0.39, 0.29) is 41.2 Å². The number of pyridine rings is 1. The van der Waals surface area contributed by atoms with Crippen LogP contribution in [-0.4, -0.2) is 48.8 Å². The van der Waals surface area contributed by atoms with Crippen LogP contribution in [0.1, 0.15) is 64.9 Å². The van der Waals surface area contributed by atoms with Crippen LogP contribution in [0.25, 0.3) is 0 Å². The molecule has 1 aromatic carbocycles. The lowest BCUT2D eigenvalue weighted by atomic mass is 9.86. The maximum absolute atomic E-state index is 14.2. The lowest BCUT2D eigenvalue weighted by Crippen LogP contribution is -2.40. The number of halogens is 2. The van der Waals surface area contributed by atoms with Gasteiger partial charge in [0.2, 0.25) is 6.79 Å². The Labute approximate surface area is 233 Å². The first-order valence-electron chi connectivity index (χ1n) is 13.0. The van der Waals surface area contributed by atoms with Crippen molar-refractivity contribution in [2.75, 3.05) is 13.9 Å². The molecule has 9 nitrogen and oxygen atoms in total. The van der Waals surface area contributed by atoms with Gasteiger partial charge in [0.15, 0.2) is 34.5 Å². The average molecular weight is 566 g/mol. The van der Waals surface area contributed by atoms with Crippen molar-refractivity contribution in [1.29, 1.82) is 0 Å². The van der Waals surface area contributed by atoms with Gasteiger partial charge in [0.25, 0.3) is 0 Å². The molecule has 0 amide bonds. The molecule has 0 radical (unpaired) electrons. The zero-order chi connectivity index (χ0) is 30.0. The molecule has 0 spiro atoms.